The number of rotatable bonds is 9. The van der Waals surface area contributed by atoms with Crippen molar-refractivity contribution in [3.05, 3.63) is 47.9 Å². The summed E-state index contributed by atoms with van der Waals surface area (Å²) < 4.78 is 24.9. The summed E-state index contributed by atoms with van der Waals surface area (Å²) in [5.74, 6) is 1.98. The third-order valence-corrected chi connectivity index (χ3v) is 4.91. The largest absolute Gasteiger partial charge is 0.493 e. The summed E-state index contributed by atoms with van der Waals surface area (Å²) in [4.78, 5) is 10.8. The monoisotopic (exact) mass is 559 g/mol. The van der Waals surface area contributed by atoms with E-state index in [0.717, 1.165) is 25.1 Å². The van der Waals surface area contributed by atoms with Crippen LogP contribution in [0, 0.1) is 5.82 Å². The second kappa shape index (κ2) is 13.3. The highest BCUT2D eigenvalue weighted by atomic mass is 127. The number of aromatic nitrogens is 1. The van der Waals surface area contributed by atoms with Crippen molar-refractivity contribution in [1.29, 1.82) is 0 Å². The summed E-state index contributed by atoms with van der Waals surface area (Å²) in [5.41, 5.74) is 0.967. The highest BCUT2D eigenvalue weighted by molar-refractivity contribution is 14.0. The van der Waals surface area contributed by atoms with Gasteiger partial charge in [-0.25, -0.2) is 14.4 Å². The van der Waals surface area contributed by atoms with E-state index in [1.807, 2.05) is 30.0 Å². The van der Waals surface area contributed by atoms with Crippen molar-refractivity contribution in [1.82, 2.24) is 15.6 Å². The van der Waals surface area contributed by atoms with Crippen LogP contribution in [-0.2, 0) is 6.54 Å². The maximum Gasteiger partial charge on any atom is 0.191 e. The Labute approximate surface area is 205 Å². The molecule has 0 aliphatic carbocycles. The van der Waals surface area contributed by atoms with Crippen LogP contribution < -0.4 is 25.0 Å². The molecular formula is C22H31FIN5O3. The van der Waals surface area contributed by atoms with Crippen LogP contribution in [0.3, 0.4) is 0 Å². The van der Waals surface area contributed by atoms with Crippen molar-refractivity contribution in [2.75, 3.05) is 44.9 Å². The number of benzene rings is 1. The molecule has 0 amide bonds. The first-order valence-corrected chi connectivity index (χ1v) is 10.5. The number of aliphatic hydroxyl groups is 1. The van der Waals surface area contributed by atoms with Crippen molar-refractivity contribution >= 4 is 35.8 Å². The Morgan fingerprint density at radius 2 is 2.19 bits per heavy atom. The Balaban J connectivity index is 0.00000363. The van der Waals surface area contributed by atoms with Crippen LogP contribution >= 0.6 is 24.0 Å². The molecule has 0 bridgehead atoms. The molecule has 32 heavy (non-hydrogen) atoms. The van der Waals surface area contributed by atoms with E-state index in [4.69, 9.17) is 14.6 Å². The number of hydrogen-bond donors (Lipinski definition) is 3. The minimum absolute atomic E-state index is 0. The zero-order chi connectivity index (χ0) is 22.1. The van der Waals surface area contributed by atoms with Crippen molar-refractivity contribution in [2.24, 2.45) is 4.99 Å². The number of pyridine rings is 1. The van der Waals surface area contributed by atoms with Crippen molar-refractivity contribution in [3.8, 4) is 11.5 Å². The second-order valence-electron chi connectivity index (χ2n) is 7.14. The molecule has 1 unspecified atom stereocenters. The van der Waals surface area contributed by atoms with Crippen molar-refractivity contribution < 1.29 is 19.0 Å². The van der Waals surface area contributed by atoms with E-state index >= 15 is 0 Å². The molecule has 1 saturated heterocycles. The number of ether oxygens (including phenoxy) is 2. The third kappa shape index (κ3) is 7.09. The van der Waals surface area contributed by atoms with E-state index in [0.29, 0.717) is 36.4 Å². The molecule has 1 aromatic carbocycles. The molecule has 10 heteroatoms. The fourth-order valence-electron chi connectivity index (χ4n) is 3.45. The van der Waals surface area contributed by atoms with Crippen LogP contribution in [0.25, 0.3) is 0 Å². The zero-order valence-electron chi connectivity index (χ0n) is 18.4. The normalized spacial score (nSPS) is 15.8. The maximum atomic E-state index is 14.0. The molecule has 176 valence electrons. The molecular weight excluding hydrogens is 528 g/mol. The molecule has 2 heterocycles. The number of aliphatic hydroxyl groups excluding tert-OH is 1. The van der Waals surface area contributed by atoms with E-state index < -0.39 is 0 Å². The van der Waals surface area contributed by atoms with Crippen LogP contribution in [0.5, 0.6) is 11.5 Å². The Morgan fingerprint density at radius 1 is 1.34 bits per heavy atom. The summed E-state index contributed by atoms with van der Waals surface area (Å²) in [5, 5.41) is 15.6. The van der Waals surface area contributed by atoms with Gasteiger partial charge in [0.2, 0.25) is 0 Å². The van der Waals surface area contributed by atoms with Gasteiger partial charge in [-0.05, 0) is 43.2 Å². The van der Waals surface area contributed by atoms with Gasteiger partial charge in [-0.15, -0.1) is 24.0 Å². The fourth-order valence-corrected chi connectivity index (χ4v) is 3.45. The molecule has 0 spiro atoms. The molecule has 1 aliphatic heterocycles. The molecule has 1 atom stereocenters. The van der Waals surface area contributed by atoms with Crippen molar-refractivity contribution in [2.45, 2.75) is 25.9 Å². The molecule has 3 N–H and O–H groups in total. The third-order valence-electron chi connectivity index (χ3n) is 4.91. The quantitative estimate of drug-likeness (QED) is 0.247. The Bertz CT molecular complexity index is 886. The van der Waals surface area contributed by atoms with E-state index in [1.165, 1.54) is 6.07 Å². The molecule has 1 fully saturated rings. The highest BCUT2D eigenvalue weighted by Crippen LogP contribution is 2.28. The summed E-state index contributed by atoms with van der Waals surface area (Å²) in [6, 6.07) is 8.78. The second-order valence-corrected chi connectivity index (χ2v) is 7.14. The van der Waals surface area contributed by atoms with E-state index in [9.17, 15) is 4.39 Å². The van der Waals surface area contributed by atoms with E-state index in [-0.39, 0.29) is 49.0 Å². The molecule has 3 rings (SSSR count). The maximum absolute atomic E-state index is 14.0. The standard InChI is InChI=1S/C22H30FN5O3.HI/c1-3-24-22(26-14-16-6-7-19(31-12-11-29)20(13-16)30-2)27-17-8-10-28(15-17)21-18(23)5-4-9-25-21;/h4-7,9,13,17,29H,3,8,10-12,14-15H2,1-2H3,(H2,24,26,27);1H. The lowest BCUT2D eigenvalue weighted by Gasteiger charge is -2.20. The van der Waals surface area contributed by atoms with Gasteiger partial charge >= 0.3 is 0 Å². The first-order chi connectivity index (χ1) is 15.1. The fraction of sp³-hybridized carbons (Fsp3) is 0.455. The number of anilines is 1. The molecule has 0 radical (unpaired) electrons. The smallest absolute Gasteiger partial charge is 0.191 e. The number of nitrogens with one attached hydrogen (secondary N) is 2. The minimum atomic E-state index is -0.302. The highest BCUT2D eigenvalue weighted by Gasteiger charge is 2.25. The van der Waals surface area contributed by atoms with Gasteiger partial charge < -0.3 is 30.1 Å². The average Bonchev–Trinajstić information content (AvgIpc) is 3.25. The Kier molecular flexibility index (Phi) is 10.7. The minimum Gasteiger partial charge on any atom is -0.493 e. The van der Waals surface area contributed by atoms with Crippen LogP contribution in [-0.4, -0.2) is 62.0 Å². The van der Waals surface area contributed by atoms with Gasteiger partial charge in [-0.2, -0.15) is 0 Å². The number of aliphatic imine (C=N–C) groups is 1. The topological polar surface area (TPSA) is 91.2 Å². The lowest BCUT2D eigenvalue weighted by molar-refractivity contribution is 0.196. The van der Waals surface area contributed by atoms with Gasteiger partial charge in [-0.1, -0.05) is 6.07 Å². The molecule has 1 aliphatic rings. The lowest BCUT2D eigenvalue weighted by Crippen LogP contribution is -2.44. The Hall–Kier alpha value is -2.34. The number of hydrogen-bond acceptors (Lipinski definition) is 6. The first kappa shape index (κ1) is 25.9. The Morgan fingerprint density at radius 3 is 2.91 bits per heavy atom. The molecule has 8 nitrogen and oxygen atoms in total. The predicted molar refractivity (Wildman–Crippen MR) is 134 cm³/mol. The number of halogens is 2. The number of methoxy groups -OCH3 is 1. The van der Waals surface area contributed by atoms with E-state index in [2.05, 4.69) is 20.6 Å². The van der Waals surface area contributed by atoms with Crippen LogP contribution in [0.1, 0.15) is 18.9 Å². The summed E-state index contributed by atoms with van der Waals surface area (Å²) in [6.07, 6.45) is 2.48. The molecule has 1 aromatic heterocycles. The van der Waals surface area contributed by atoms with Gasteiger partial charge in [0, 0.05) is 31.9 Å². The van der Waals surface area contributed by atoms with Crippen LogP contribution in [0.2, 0.25) is 0 Å². The molecule has 0 saturated carbocycles. The first-order valence-electron chi connectivity index (χ1n) is 10.5. The summed E-state index contributed by atoms with van der Waals surface area (Å²) >= 11 is 0. The van der Waals surface area contributed by atoms with Gasteiger partial charge in [0.05, 0.1) is 20.3 Å². The predicted octanol–water partition coefficient (Wildman–Crippen LogP) is 2.55. The number of guanidine groups is 1. The van der Waals surface area contributed by atoms with Crippen LogP contribution in [0.4, 0.5) is 10.2 Å². The molecule has 2 aromatic rings. The van der Waals surface area contributed by atoms with E-state index in [1.54, 1.807) is 19.4 Å². The SMILES string of the molecule is CCNC(=NCc1ccc(OCCO)c(OC)c1)NC1CCN(c2ncccc2F)C1.I. The van der Waals surface area contributed by atoms with Gasteiger partial charge in [0.25, 0.3) is 0 Å². The lowest BCUT2D eigenvalue weighted by atomic mass is 10.2. The van der Waals surface area contributed by atoms with Crippen molar-refractivity contribution in [3.63, 3.8) is 0 Å². The summed E-state index contributed by atoms with van der Waals surface area (Å²) in [6.45, 7) is 4.74. The van der Waals surface area contributed by atoms with Gasteiger partial charge in [0.1, 0.15) is 6.61 Å². The van der Waals surface area contributed by atoms with Gasteiger partial charge in [-0.3, -0.25) is 0 Å². The average molecular weight is 559 g/mol. The zero-order valence-corrected chi connectivity index (χ0v) is 20.7. The van der Waals surface area contributed by atoms with Crippen LogP contribution in [0.15, 0.2) is 41.5 Å². The number of nitrogens with zero attached hydrogens (tertiary/aromatic N) is 3. The van der Waals surface area contributed by atoms with Gasteiger partial charge in [0.15, 0.2) is 29.1 Å². The summed E-state index contributed by atoms with van der Waals surface area (Å²) in [7, 11) is 1.58.